The van der Waals surface area contributed by atoms with Crippen LogP contribution in [0, 0.1) is 0 Å². The molecule has 3 rings (SSSR count). The van der Waals surface area contributed by atoms with Gasteiger partial charge in [0.05, 0.1) is 18.4 Å². The second-order valence-corrected chi connectivity index (χ2v) is 6.08. The standard InChI is InChI=1S/C19H23N3O2/c1-22(14-8-3-4-9-14)19(23)15-10-7-13-20-18(15)21-16-11-5-6-12-17(16)24-2/h5-7,10-14H,3-4,8-9H2,1-2H3,(H,20,21). The third kappa shape index (κ3) is 3.35. The van der Waals surface area contributed by atoms with Crippen molar-refractivity contribution in [1.29, 1.82) is 0 Å². The van der Waals surface area contributed by atoms with E-state index in [1.807, 2.05) is 42.3 Å². The van der Waals surface area contributed by atoms with Crippen LogP contribution in [0.2, 0.25) is 0 Å². The molecule has 1 aromatic heterocycles. The van der Waals surface area contributed by atoms with Crippen LogP contribution in [-0.4, -0.2) is 36.0 Å². The van der Waals surface area contributed by atoms with Crippen LogP contribution in [0.25, 0.3) is 0 Å². The Hall–Kier alpha value is -2.56. The maximum Gasteiger partial charge on any atom is 0.257 e. The fourth-order valence-electron chi connectivity index (χ4n) is 3.20. The third-order valence-electron chi connectivity index (χ3n) is 4.59. The van der Waals surface area contributed by atoms with Crippen molar-refractivity contribution < 1.29 is 9.53 Å². The molecular formula is C19H23N3O2. The number of ether oxygens (including phenoxy) is 1. The van der Waals surface area contributed by atoms with Gasteiger partial charge in [-0.05, 0) is 37.1 Å². The molecule has 0 aliphatic heterocycles. The predicted molar refractivity (Wildman–Crippen MR) is 94.9 cm³/mol. The molecule has 0 bridgehead atoms. The Kier molecular flexibility index (Phi) is 4.99. The van der Waals surface area contributed by atoms with Gasteiger partial charge < -0.3 is 15.0 Å². The summed E-state index contributed by atoms with van der Waals surface area (Å²) < 4.78 is 5.36. The Morgan fingerprint density at radius 3 is 2.71 bits per heavy atom. The van der Waals surface area contributed by atoms with E-state index in [-0.39, 0.29) is 5.91 Å². The molecule has 24 heavy (non-hydrogen) atoms. The number of amides is 1. The molecule has 0 atom stereocenters. The number of methoxy groups -OCH3 is 1. The summed E-state index contributed by atoms with van der Waals surface area (Å²) in [5.41, 5.74) is 1.37. The zero-order chi connectivity index (χ0) is 16.9. The maximum atomic E-state index is 12.9. The molecule has 0 unspecified atom stereocenters. The minimum atomic E-state index is 0.00685. The first-order valence-electron chi connectivity index (χ1n) is 8.33. The molecule has 1 aromatic carbocycles. The first-order chi connectivity index (χ1) is 11.7. The van der Waals surface area contributed by atoms with Crippen molar-refractivity contribution in [3.63, 3.8) is 0 Å². The monoisotopic (exact) mass is 325 g/mol. The molecule has 1 aliphatic carbocycles. The van der Waals surface area contributed by atoms with Crippen molar-refractivity contribution in [2.75, 3.05) is 19.5 Å². The van der Waals surface area contributed by atoms with Gasteiger partial charge in [0.15, 0.2) is 0 Å². The summed E-state index contributed by atoms with van der Waals surface area (Å²) >= 11 is 0. The summed E-state index contributed by atoms with van der Waals surface area (Å²) in [7, 11) is 3.51. The molecule has 1 aliphatic rings. The van der Waals surface area contributed by atoms with Crippen LogP contribution in [0.3, 0.4) is 0 Å². The molecule has 0 spiro atoms. The highest BCUT2D eigenvalue weighted by atomic mass is 16.5. The van der Waals surface area contributed by atoms with E-state index >= 15 is 0 Å². The molecule has 1 amide bonds. The number of carbonyl (C=O) groups excluding carboxylic acids is 1. The van der Waals surface area contributed by atoms with E-state index in [9.17, 15) is 4.79 Å². The van der Waals surface area contributed by atoms with Gasteiger partial charge in [0.1, 0.15) is 11.6 Å². The van der Waals surface area contributed by atoms with Crippen LogP contribution in [0.5, 0.6) is 5.75 Å². The third-order valence-corrected chi connectivity index (χ3v) is 4.59. The summed E-state index contributed by atoms with van der Waals surface area (Å²) in [5, 5.41) is 3.23. The van der Waals surface area contributed by atoms with Gasteiger partial charge in [0.2, 0.25) is 0 Å². The van der Waals surface area contributed by atoms with E-state index in [0.717, 1.165) is 18.5 Å². The fourth-order valence-corrected chi connectivity index (χ4v) is 3.20. The first kappa shape index (κ1) is 16.3. The van der Waals surface area contributed by atoms with E-state index in [1.165, 1.54) is 12.8 Å². The topological polar surface area (TPSA) is 54.5 Å². The van der Waals surface area contributed by atoms with Crippen molar-refractivity contribution in [3.8, 4) is 5.75 Å². The number of nitrogens with one attached hydrogen (secondary N) is 1. The average Bonchev–Trinajstić information content (AvgIpc) is 3.16. The van der Waals surface area contributed by atoms with Crippen molar-refractivity contribution in [2.24, 2.45) is 0 Å². The maximum absolute atomic E-state index is 12.9. The number of hydrogen-bond acceptors (Lipinski definition) is 4. The molecule has 0 radical (unpaired) electrons. The van der Waals surface area contributed by atoms with Crippen LogP contribution in [0.15, 0.2) is 42.6 Å². The molecule has 2 aromatic rings. The molecule has 126 valence electrons. The quantitative estimate of drug-likeness (QED) is 0.907. The smallest absolute Gasteiger partial charge is 0.257 e. The lowest BCUT2D eigenvalue weighted by atomic mass is 10.1. The van der Waals surface area contributed by atoms with E-state index in [4.69, 9.17) is 4.74 Å². The van der Waals surface area contributed by atoms with Crippen molar-refractivity contribution in [2.45, 2.75) is 31.7 Å². The highest BCUT2D eigenvalue weighted by Crippen LogP contribution is 2.29. The number of nitrogens with zero attached hydrogens (tertiary/aromatic N) is 2. The lowest BCUT2D eigenvalue weighted by Gasteiger charge is -2.25. The predicted octanol–water partition coefficient (Wildman–Crippen LogP) is 3.85. The lowest BCUT2D eigenvalue weighted by Crippen LogP contribution is -2.35. The SMILES string of the molecule is COc1ccccc1Nc1ncccc1C(=O)N(C)C1CCCC1. The first-order valence-corrected chi connectivity index (χ1v) is 8.33. The number of pyridine rings is 1. The fraction of sp³-hybridized carbons (Fsp3) is 0.368. The van der Waals surface area contributed by atoms with Gasteiger partial charge in [0, 0.05) is 19.3 Å². The lowest BCUT2D eigenvalue weighted by molar-refractivity contribution is 0.0736. The Morgan fingerprint density at radius 1 is 1.21 bits per heavy atom. The number of para-hydroxylation sites is 2. The van der Waals surface area contributed by atoms with Crippen molar-refractivity contribution in [3.05, 3.63) is 48.2 Å². The molecule has 5 heteroatoms. The highest BCUT2D eigenvalue weighted by molar-refractivity contribution is 5.99. The van der Waals surface area contributed by atoms with E-state index in [2.05, 4.69) is 10.3 Å². The average molecular weight is 325 g/mol. The van der Waals surface area contributed by atoms with Crippen molar-refractivity contribution in [1.82, 2.24) is 9.88 Å². The second-order valence-electron chi connectivity index (χ2n) is 6.08. The Labute approximate surface area is 142 Å². The Bertz CT molecular complexity index is 711. The van der Waals surface area contributed by atoms with Gasteiger partial charge in [0.25, 0.3) is 5.91 Å². The summed E-state index contributed by atoms with van der Waals surface area (Å²) in [6.45, 7) is 0. The minimum absolute atomic E-state index is 0.00685. The van der Waals surface area contributed by atoms with Crippen molar-refractivity contribution >= 4 is 17.4 Å². The van der Waals surface area contributed by atoms with Crippen LogP contribution in [0.4, 0.5) is 11.5 Å². The van der Waals surface area contributed by atoms with E-state index in [1.54, 1.807) is 19.4 Å². The summed E-state index contributed by atoms with van der Waals surface area (Å²) in [5.74, 6) is 1.27. The van der Waals surface area contributed by atoms with Gasteiger partial charge in [-0.15, -0.1) is 0 Å². The van der Waals surface area contributed by atoms with Gasteiger partial charge in [-0.25, -0.2) is 4.98 Å². The number of carbonyl (C=O) groups is 1. The summed E-state index contributed by atoms with van der Waals surface area (Å²) in [4.78, 5) is 19.1. The second kappa shape index (κ2) is 7.34. The Balaban J connectivity index is 1.86. The van der Waals surface area contributed by atoms with E-state index < -0.39 is 0 Å². The van der Waals surface area contributed by atoms with Crippen LogP contribution in [-0.2, 0) is 0 Å². The zero-order valence-corrected chi connectivity index (χ0v) is 14.2. The normalized spacial score (nSPS) is 14.4. The number of aromatic nitrogens is 1. The zero-order valence-electron chi connectivity index (χ0n) is 14.2. The number of hydrogen-bond donors (Lipinski definition) is 1. The van der Waals surface area contributed by atoms with Gasteiger partial charge in [-0.3, -0.25) is 4.79 Å². The number of anilines is 2. The van der Waals surface area contributed by atoms with Crippen LogP contribution in [0.1, 0.15) is 36.0 Å². The summed E-state index contributed by atoms with van der Waals surface area (Å²) in [6.07, 6.45) is 6.24. The molecule has 1 saturated carbocycles. The summed E-state index contributed by atoms with van der Waals surface area (Å²) in [6, 6.07) is 11.5. The highest BCUT2D eigenvalue weighted by Gasteiger charge is 2.26. The van der Waals surface area contributed by atoms with Gasteiger partial charge in [-0.2, -0.15) is 0 Å². The minimum Gasteiger partial charge on any atom is -0.495 e. The molecule has 1 fully saturated rings. The molecule has 1 N–H and O–H groups in total. The number of benzene rings is 1. The molecular weight excluding hydrogens is 302 g/mol. The van der Waals surface area contributed by atoms with Crippen LogP contribution >= 0.6 is 0 Å². The molecule has 5 nitrogen and oxygen atoms in total. The van der Waals surface area contributed by atoms with Crippen LogP contribution < -0.4 is 10.1 Å². The number of rotatable bonds is 5. The van der Waals surface area contributed by atoms with E-state index in [0.29, 0.717) is 23.2 Å². The van der Waals surface area contributed by atoms with Gasteiger partial charge in [-0.1, -0.05) is 25.0 Å². The Morgan fingerprint density at radius 2 is 1.96 bits per heavy atom. The largest absolute Gasteiger partial charge is 0.495 e. The molecule has 1 heterocycles. The molecule has 0 saturated heterocycles. The van der Waals surface area contributed by atoms with Gasteiger partial charge >= 0.3 is 0 Å².